The van der Waals surface area contributed by atoms with Gasteiger partial charge in [-0.25, -0.2) is 14.8 Å². The Kier molecular flexibility index (Phi) is 6.28. The van der Waals surface area contributed by atoms with Gasteiger partial charge in [-0.2, -0.15) is 0 Å². The molecule has 2 amide bonds. The molecule has 3 aromatic rings. The molecular formula is C23H27N5OS. The summed E-state index contributed by atoms with van der Waals surface area (Å²) in [6.45, 7) is 0.863. The zero-order valence-corrected chi connectivity index (χ0v) is 18.2. The molecule has 1 aliphatic heterocycles. The van der Waals surface area contributed by atoms with Crippen LogP contribution in [0, 0.1) is 0 Å². The van der Waals surface area contributed by atoms with Crippen LogP contribution in [0.2, 0.25) is 0 Å². The van der Waals surface area contributed by atoms with Gasteiger partial charge < -0.3 is 15.1 Å². The van der Waals surface area contributed by atoms with Gasteiger partial charge in [0.2, 0.25) is 0 Å². The molecule has 156 valence electrons. The number of aromatic nitrogens is 2. The molecular weight excluding hydrogens is 394 g/mol. The first-order valence-corrected chi connectivity index (χ1v) is 11.1. The Balaban J connectivity index is 1.32. The Bertz CT molecular complexity index is 971. The summed E-state index contributed by atoms with van der Waals surface area (Å²) in [5.74, 6) is 0.790. The Morgan fingerprint density at radius 3 is 2.73 bits per heavy atom. The number of hydrogen-bond acceptors (Lipinski definition) is 5. The number of aryl methyl sites for hydroxylation is 1. The van der Waals surface area contributed by atoms with Gasteiger partial charge in [0.25, 0.3) is 0 Å². The zero-order valence-electron chi connectivity index (χ0n) is 17.4. The number of urea groups is 1. The van der Waals surface area contributed by atoms with Crippen LogP contribution in [0.25, 0.3) is 10.4 Å². The third kappa shape index (κ3) is 4.79. The second-order valence-electron chi connectivity index (χ2n) is 7.78. The van der Waals surface area contributed by atoms with E-state index in [0.717, 1.165) is 48.1 Å². The lowest BCUT2D eigenvalue weighted by Gasteiger charge is -2.27. The maximum atomic E-state index is 12.3. The summed E-state index contributed by atoms with van der Waals surface area (Å²) in [7, 11) is 3.64. The first kappa shape index (κ1) is 20.3. The van der Waals surface area contributed by atoms with Crippen molar-refractivity contribution in [3.05, 3.63) is 60.4 Å². The van der Waals surface area contributed by atoms with Crippen LogP contribution < -0.4 is 5.32 Å². The quantitative estimate of drug-likeness (QED) is 0.607. The largest absolute Gasteiger partial charge is 0.331 e. The maximum absolute atomic E-state index is 12.3. The third-order valence-electron chi connectivity index (χ3n) is 5.40. The fourth-order valence-corrected chi connectivity index (χ4v) is 4.63. The van der Waals surface area contributed by atoms with E-state index in [1.165, 1.54) is 11.1 Å². The molecule has 0 spiro atoms. The van der Waals surface area contributed by atoms with E-state index in [1.54, 1.807) is 16.2 Å². The molecule has 0 radical (unpaired) electrons. The van der Waals surface area contributed by atoms with E-state index in [9.17, 15) is 4.79 Å². The van der Waals surface area contributed by atoms with E-state index in [0.29, 0.717) is 6.04 Å². The topological polar surface area (TPSA) is 61.4 Å². The molecule has 0 bridgehead atoms. The van der Waals surface area contributed by atoms with E-state index in [4.69, 9.17) is 0 Å². The highest BCUT2D eigenvalue weighted by Gasteiger charge is 2.29. The minimum Gasteiger partial charge on any atom is -0.331 e. The van der Waals surface area contributed by atoms with Gasteiger partial charge in [-0.05, 0) is 42.9 Å². The van der Waals surface area contributed by atoms with Crippen molar-refractivity contribution in [2.24, 2.45) is 0 Å². The average molecular weight is 422 g/mol. The number of amides is 2. The van der Waals surface area contributed by atoms with Crippen molar-refractivity contribution in [2.75, 3.05) is 26.0 Å². The lowest BCUT2D eigenvalue weighted by Crippen LogP contribution is -2.42. The lowest BCUT2D eigenvalue weighted by molar-refractivity contribution is 0.163. The number of benzene rings is 1. The van der Waals surface area contributed by atoms with Crippen molar-refractivity contribution in [3.63, 3.8) is 0 Å². The van der Waals surface area contributed by atoms with Crippen LogP contribution in [0.1, 0.15) is 24.8 Å². The van der Waals surface area contributed by atoms with Crippen LogP contribution in [-0.2, 0) is 6.42 Å². The molecule has 0 aliphatic carbocycles. The predicted molar refractivity (Wildman–Crippen MR) is 122 cm³/mol. The molecule has 7 heteroatoms. The minimum absolute atomic E-state index is 0.119. The molecule has 6 nitrogen and oxygen atoms in total. The zero-order chi connectivity index (χ0) is 20.9. The highest BCUT2D eigenvalue weighted by Crippen LogP contribution is 2.30. The van der Waals surface area contributed by atoms with Crippen molar-refractivity contribution in [1.29, 1.82) is 0 Å². The van der Waals surface area contributed by atoms with E-state index in [-0.39, 0.29) is 6.03 Å². The summed E-state index contributed by atoms with van der Waals surface area (Å²) < 4.78 is 0. The number of carbonyl (C=O) groups excluding carboxylic acids is 1. The minimum atomic E-state index is 0.119. The van der Waals surface area contributed by atoms with Crippen LogP contribution in [0.5, 0.6) is 0 Å². The summed E-state index contributed by atoms with van der Waals surface area (Å²) in [6.07, 6.45) is 7.87. The molecule has 1 aromatic carbocycles. The number of rotatable bonds is 6. The van der Waals surface area contributed by atoms with E-state index < -0.39 is 0 Å². The summed E-state index contributed by atoms with van der Waals surface area (Å²) in [6, 6.07) is 14.8. The number of thiazole rings is 1. The molecule has 1 fully saturated rings. The Hall–Kier alpha value is -2.93. The fraction of sp³-hybridized carbons (Fsp3) is 0.348. The van der Waals surface area contributed by atoms with Crippen LogP contribution in [0.4, 0.5) is 15.7 Å². The number of likely N-dealkylation sites (tertiary alicyclic amines) is 1. The Morgan fingerprint density at radius 2 is 2.00 bits per heavy atom. The smallest absolute Gasteiger partial charge is 0.319 e. The van der Waals surface area contributed by atoms with E-state index in [2.05, 4.69) is 33.5 Å². The molecule has 30 heavy (non-hydrogen) atoms. The molecule has 1 atom stereocenters. The third-order valence-corrected chi connectivity index (χ3v) is 6.36. The highest BCUT2D eigenvalue weighted by atomic mass is 32.1. The van der Waals surface area contributed by atoms with Crippen LogP contribution in [0.3, 0.4) is 0 Å². The first-order chi connectivity index (χ1) is 14.6. The molecule has 4 rings (SSSR count). The molecule has 2 aromatic heterocycles. The SMILES string of the molecule is CN(C)C(=O)N1CCC[C@H]1CCc1ccc(Nc2ncc(-c3ccccc3)s2)nc1. The summed E-state index contributed by atoms with van der Waals surface area (Å²) in [4.78, 5) is 26.1. The number of carbonyl (C=O) groups is 1. The normalized spacial score (nSPS) is 15.9. The van der Waals surface area contributed by atoms with Gasteiger partial charge in [-0.15, -0.1) is 0 Å². The first-order valence-electron chi connectivity index (χ1n) is 10.3. The fourth-order valence-electron chi connectivity index (χ4n) is 3.80. The number of pyridine rings is 1. The summed E-state index contributed by atoms with van der Waals surface area (Å²) in [5.41, 5.74) is 2.36. The predicted octanol–water partition coefficient (Wildman–Crippen LogP) is 5.03. The standard InChI is InChI=1S/C23H27N5OS/c1-27(2)23(29)28-14-6-9-19(28)12-10-17-11-13-21(24-15-17)26-22-25-16-20(30-22)18-7-4-3-5-8-18/h3-5,7-8,11,13,15-16,19H,6,9-10,12,14H2,1-2H3,(H,24,25,26)/t19-/m0/s1. The highest BCUT2D eigenvalue weighted by molar-refractivity contribution is 7.18. The van der Waals surface area contributed by atoms with Crippen molar-refractivity contribution >= 4 is 28.3 Å². The monoisotopic (exact) mass is 421 g/mol. The summed E-state index contributed by atoms with van der Waals surface area (Å²) >= 11 is 1.61. The van der Waals surface area contributed by atoms with Gasteiger partial charge in [-0.1, -0.05) is 47.7 Å². The number of nitrogens with zero attached hydrogens (tertiary/aromatic N) is 4. The van der Waals surface area contributed by atoms with Gasteiger partial charge >= 0.3 is 6.03 Å². The van der Waals surface area contributed by atoms with Crippen molar-refractivity contribution < 1.29 is 4.79 Å². The lowest BCUT2D eigenvalue weighted by atomic mass is 10.0. The van der Waals surface area contributed by atoms with Crippen LogP contribution in [0.15, 0.2) is 54.9 Å². The molecule has 1 N–H and O–H groups in total. The Labute approximate surface area is 181 Å². The van der Waals surface area contributed by atoms with Gasteiger partial charge in [-0.3, -0.25) is 0 Å². The number of anilines is 2. The maximum Gasteiger partial charge on any atom is 0.319 e. The van der Waals surface area contributed by atoms with Gasteiger partial charge in [0.05, 0.1) is 4.88 Å². The summed E-state index contributed by atoms with van der Waals surface area (Å²) in [5, 5.41) is 4.12. The van der Waals surface area contributed by atoms with Crippen molar-refractivity contribution in [1.82, 2.24) is 19.8 Å². The van der Waals surface area contributed by atoms with Crippen LogP contribution >= 0.6 is 11.3 Å². The van der Waals surface area contributed by atoms with Gasteiger partial charge in [0, 0.05) is 39.1 Å². The van der Waals surface area contributed by atoms with E-state index >= 15 is 0 Å². The second kappa shape index (κ2) is 9.26. The Morgan fingerprint density at radius 1 is 1.17 bits per heavy atom. The van der Waals surface area contributed by atoms with E-state index in [1.807, 2.05) is 55.7 Å². The molecule has 0 unspecified atom stereocenters. The average Bonchev–Trinajstić information content (AvgIpc) is 3.43. The molecule has 1 saturated heterocycles. The number of hydrogen-bond donors (Lipinski definition) is 1. The van der Waals surface area contributed by atoms with Crippen molar-refractivity contribution in [3.8, 4) is 10.4 Å². The van der Waals surface area contributed by atoms with Gasteiger partial charge in [0.15, 0.2) is 5.13 Å². The molecule has 3 heterocycles. The molecule has 1 aliphatic rings. The van der Waals surface area contributed by atoms with Crippen molar-refractivity contribution in [2.45, 2.75) is 31.7 Å². The molecule has 0 saturated carbocycles. The second-order valence-corrected chi connectivity index (χ2v) is 8.81. The van der Waals surface area contributed by atoms with Gasteiger partial charge in [0.1, 0.15) is 5.82 Å². The van der Waals surface area contributed by atoms with Crippen LogP contribution in [-0.4, -0.2) is 52.5 Å². The number of nitrogens with one attached hydrogen (secondary N) is 1.